The molecule has 4 nitrogen and oxygen atoms in total. The maximum absolute atomic E-state index is 11.9. The van der Waals surface area contributed by atoms with Crippen molar-refractivity contribution in [3.05, 3.63) is 29.8 Å². The molecule has 1 aromatic carbocycles. The molecule has 1 N–H and O–H groups in total. The fourth-order valence-corrected chi connectivity index (χ4v) is 2.02. The lowest BCUT2D eigenvalue weighted by Crippen LogP contribution is -2.33. The van der Waals surface area contributed by atoms with Crippen LogP contribution in [0, 0.1) is 0 Å². The monoisotopic (exact) mass is 249 g/mol. The van der Waals surface area contributed by atoms with E-state index in [1.54, 1.807) is 31.4 Å². The van der Waals surface area contributed by atoms with E-state index >= 15 is 0 Å². The smallest absolute Gasteiger partial charge is 0.188 e. The van der Waals surface area contributed by atoms with Crippen LogP contribution in [0.2, 0.25) is 0 Å². The average Bonchev–Trinajstić information content (AvgIpc) is 2.46. The number of carbonyl (C=O) groups excluding carboxylic acids is 1. The quantitative estimate of drug-likeness (QED) is 0.806. The highest BCUT2D eigenvalue weighted by molar-refractivity contribution is 5.97. The number of rotatable bonds is 5. The summed E-state index contributed by atoms with van der Waals surface area (Å²) in [7, 11) is 1.61. The molecule has 0 radical (unpaired) electrons. The molecule has 0 atom stereocenters. The van der Waals surface area contributed by atoms with E-state index in [9.17, 15) is 4.79 Å². The maximum Gasteiger partial charge on any atom is 0.188 e. The van der Waals surface area contributed by atoms with Crippen LogP contribution in [-0.2, 0) is 4.74 Å². The molecule has 1 heterocycles. The van der Waals surface area contributed by atoms with Crippen LogP contribution in [0.1, 0.15) is 23.2 Å². The third kappa shape index (κ3) is 3.55. The Kier molecular flexibility index (Phi) is 4.73. The zero-order valence-corrected chi connectivity index (χ0v) is 10.6. The Balaban J connectivity index is 1.82. The van der Waals surface area contributed by atoms with Gasteiger partial charge >= 0.3 is 0 Å². The van der Waals surface area contributed by atoms with Gasteiger partial charge in [-0.15, -0.1) is 0 Å². The van der Waals surface area contributed by atoms with E-state index in [1.807, 2.05) is 0 Å². The third-order valence-corrected chi connectivity index (χ3v) is 3.15. The summed E-state index contributed by atoms with van der Waals surface area (Å²) in [6.07, 6.45) is 2.18. The number of carbonyl (C=O) groups is 1. The van der Waals surface area contributed by atoms with Gasteiger partial charge in [0, 0.05) is 5.56 Å². The molecule has 1 aliphatic heterocycles. The summed E-state index contributed by atoms with van der Waals surface area (Å²) in [5, 5.41) is 3.27. The minimum Gasteiger partial charge on any atom is -0.497 e. The number of Topliss-reactive ketones (excluding diaryl/α,β-unsaturated/α-hetero) is 1. The van der Waals surface area contributed by atoms with Gasteiger partial charge < -0.3 is 14.8 Å². The van der Waals surface area contributed by atoms with Crippen LogP contribution >= 0.6 is 0 Å². The predicted octanol–water partition coefficient (Wildman–Crippen LogP) is 1.65. The van der Waals surface area contributed by atoms with E-state index in [0.29, 0.717) is 5.56 Å². The topological polar surface area (TPSA) is 47.6 Å². The fraction of sp³-hybridized carbons (Fsp3) is 0.500. The van der Waals surface area contributed by atoms with Gasteiger partial charge in [0.1, 0.15) is 12.4 Å². The first-order valence-electron chi connectivity index (χ1n) is 6.29. The normalized spacial score (nSPS) is 16.5. The number of hydrogen-bond acceptors (Lipinski definition) is 4. The summed E-state index contributed by atoms with van der Waals surface area (Å²) >= 11 is 0. The van der Waals surface area contributed by atoms with Crippen LogP contribution in [-0.4, -0.2) is 38.7 Å². The van der Waals surface area contributed by atoms with Crippen molar-refractivity contribution in [2.45, 2.75) is 18.9 Å². The molecule has 98 valence electrons. The summed E-state index contributed by atoms with van der Waals surface area (Å²) in [6.45, 7) is 2.11. The van der Waals surface area contributed by atoms with Crippen molar-refractivity contribution in [1.82, 2.24) is 5.32 Å². The second-order valence-corrected chi connectivity index (χ2v) is 4.41. The van der Waals surface area contributed by atoms with Crippen LogP contribution in [0.15, 0.2) is 24.3 Å². The molecule has 0 saturated carbocycles. The van der Waals surface area contributed by atoms with Crippen molar-refractivity contribution < 1.29 is 14.3 Å². The lowest BCUT2D eigenvalue weighted by Gasteiger charge is -2.22. The van der Waals surface area contributed by atoms with Crippen LogP contribution in [0.3, 0.4) is 0 Å². The molecule has 0 amide bonds. The summed E-state index contributed by atoms with van der Waals surface area (Å²) in [5.41, 5.74) is 0.671. The van der Waals surface area contributed by atoms with Gasteiger partial charge in [-0.1, -0.05) is 0 Å². The van der Waals surface area contributed by atoms with Gasteiger partial charge in [-0.3, -0.25) is 4.79 Å². The van der Waals surface area contributed by atoms with Gasteiger partial charge in [-0.2, -0.15) is 0 Å². The third-order valence-electron chi connectivity index (χ3n) is 3.15. The second-order valence-electron chi connectivity index (χ2n) is 4.41. The highest BCUT2D eigenvalue weighted by atomic mass is 16.5. The summed E-state index contributed by atoms with van der Waals surface area (Å²) in [5.74, 6) is 0.780. The van der Waals surface area contributed by atoms with Crippen LogP contribution in [0.4, 0.5) is 0 Å². The van der Waals surface area contributed by atoms with Gasteiger partial charge in [0.05, 0.1) is 13.2 Å². The number of ether oxygens (including phenoxy) is 2. The Hall–Kier alpha value is -1.39. The molecular formula is C14H19NO3. The molecule has 18 heavy (non-hydrogen) atoms. The minimum absolute atomic E-state index is 0.0242. The SMILES string of the molecule is COc1ccc(C(=O)COC2CCNCC2)cc1. The van der Waals surface area contributed by atoms with Crippen molar-refractivity contribution in [2.24, 2.45) is 0 Å². The Morgan fingerprint density at radius 1 is 1.28 bits per heavy atom. The molecule has 1 aromatic rings. The molecule has 1 saturated heterocycles. The highest BCUT2D eigenvalue weighted by Gasteiger charge is 2.15. The predicted molar refractivity (Wildman–Crippen MR) is 69.2 cm³/mol. The lowest BCUT2D eigenvalue weighted by molar-refractivity contribution is 0.0317. The van der Waals surface area contributed by atoms with Crippen LogP contribution in [0.5, 0.6) is 5.75 Å². The molecule has 0 aliphatic carbocycles. The standard InChI is InChI=1S/C14H19NO3/c1-17-12-4-2-11(3-5-12)14(16)10-18-13-6-8-15-9-7-13/h2-5,13,15H,6-10H2,1H3. The first-order chi connectivity index (χ1) is 8.79. The van der Waals surface area contributed by atoms with Crippen molar-refractivity contribution in [3.8, 4) is 5.75 Å². The Morgan fingerprint density at radius 2 is 1.94 bits per heavy atom. The van der Waals surface area contributed by atoms with E-state index in [4.69, 9.17) is 9.47 Å². The Labute approximate surface area is 107 Å². The maximum atomic E-state index is 11.9. The first kappa shape index (κ1) is 13.1. The molecule has 0 spiro atoms. The molecule has 0 aromatic heterocycles. The Bertz CT molecular complexity index is 383. The summed E-state index contributed by atoms with van der Waals surface area (Å²) < 4.78 is 10.7. The van der Waals surface area contributed by atoms with E-state index in [1.165, 1.54) is 0 Å². The number of ketones is 1. The van der Waals surface area contributed by atoms with Gasteiger partial charge in [-0.25, -0.2) is 0 Å². The summed E-state index contributed by atoms with van der Waals surface area (Å²) in [6, 6.07) is 7.12. The number of nitrogens with one attached hydrogen (secondary N) is 1. The first-order valence-corrected chi connectivity index (χ1v) is 6.29. The van der Waals surface area contributed by atoms with Crippen molar-refractivity contribution >= 4 is 5.78 Å². The number of methoxy groups -OCH3 is 1. The van der Waals surface area contributed by atoms with Crippen LogP contribution in [0.25, 0.3) is 0 Å². The zero-order chi connectivity index (χ0) is 12.8. The van der Waals surface area contributed by atoms with Crippen molar-refractivity contribution in [2.75, 3.05) is 26.8 Å². The van der Waals surface area contributed by atoms with Gasteiger partial charge in [0.25, 0.3) is 0 Å². The molecule has 1 fully saturated rings. The average molecular weight is 249 g/mol. The van der Waals surface area contributed by atoms with Gasteiger partial charge in [0.15, 0.2) is 5.78 Å². The largest absolute Gasteiger partial charge is 0.497 e. The van der Waals surface area contributed by atoms with Crippen molar-refractivity contribution in [1.29, 1.82) is 0 Å². The summed E-state index contributed by atoms with van der Waals surface area (Å²) in [4.78, 5) is 11.9. The van der Waals surface area contributed by atoms with Crippen molar-refractivity contribution in [3.63, 3.8) is 0 Å². The zero-order valence-electron chi connectivity index (χ0n) is 10.6. The molecule has 1 aliphatic rings. The minimum atomic E-state index is 0.0242. The number of hydrogen-bond donors (Lipinski definition) is 1. The Morgan fingerprint density at radius 3 is 2.56 bits per heavy atom. The molecular weight excluding hydrogens is 230 g/mol. The van der Waals surface area contributed by atoms with E-state index in [2.05, 4.69) is 5.32 Å². The van der Waals surface area contributed by atoms with E-state index in [-0.39, 0.29) is 18.5 Å². The molecule has 2 rings (SSSR count). The second kappa shape index (κ2) is 6.52. The lowest BCUT2D eigenvalue weighted by atomic mass is 10.1. The number of benzene rings is 1. The van der Waals surface area contributed by atoms with E-state index in [0.717, 1.165) is 31.7 Å². The molecule has 0 bridgehead atoms. The van der Waals surface area contributed by atoms with Gasteiger partial charge in [-0.05, 0) is 50.2 Å². The highest BCUT2D eigenvalue weighted by Crippen LogP contribution is 2.13. The molecule has 0 unspecified atom stereocenters. The number of piperidine rings is 1. The van der Waals surface area contributed by atoms with E-state index < -0.39 is 0 Å². The van der Waals surface area contributed by atoms with Gasteiger partial charge in [0.2, 0.25) is 0 Å². The molecule has 4 heteroatoms. The van der Waals surface area contributed by atoms with Crippen LogP contribution < -0.4 is 10.1 Å². The fourth-order valence-electron chi connectivity index (χ4n) is 2.02.